The highest BCUT2D eigenvalue weighted by Crippen LogP contribution is 2.40. The van der Waals surface area contributed by atoms with Crippen molar-refractivity contribution in [2.24, 2.45) is 0 Å². The summed E-state index contributed by atoms with van der Waals surface area (Å²) in [7, 11) is 0. The van der Waals surface area contributed by atoms with Crippen LogP contribution in [0.25, 0.3) is 0 Å². The number of ether oxygens (including phenoxy) is 2. The van der Waals surface area contributed by atoms with E-state index in [1.54, 1.807) is 18.2 Å². The zero-order valence-corrected chi connectivity index (χ0v) is 14.3. The van der Waals surface area contributed by atoms with Crippen LogP contribution in [-0.4, -0.2) is 10.2 Å². The second-order valence-corrected chi connectivity index (χ2v) is 6.43. The largest absolute Gasteiger partial charge is 0.508 e. The monoisotopic (exact) mass is 348 g/mol. The minimum Gasteiger partial charge on any atom is -0.508 e. The quantitative estimate of drug-likeness (QED) is 0.715. The van der Waals surface area contributed by atoms with Crippen LogP contribution in [0.5, 0.6) is 23.0 Å². The average molecular weight is 348 g/mol. The van der Waals surface area contributed by atoms with Crippen molar-refractivity contribution < 1.29 is 19.7 Å². The molecule has 1 atom stereocenters. The highest BCUT2D eigenvalue weighted by molar-refractivity contribution is 5.45. The number of benzene rings is 3. The van der Waals surface area contributed by atoms with Gasteiger partial charge in [0.1, 0.15) is 35.7 Å². The lowest BCUT2D eigenvalue weighted by atomic mass is 9.96. The van der Waals surface area contributed by atoms with Crippen LogP contribution in [0.2, 0.25) is 0 Å². The molecule has 0 saturated carbocycles. The van der Waals surface area contributed by atoms with Gasteiger partial charge < -0.3 is 19.7 Å². The van der Waals surface area contributed by atoms with Crippen LogP contribution in [-0.2, 0) is 13.0 Å². The van der Waals surface area contributed by atoms with E-state index < -0.39 is 0 Å². The molecule has 4 rings (SSSR count). The SMILES string of the molecule is Oc1ccc2c(c1)OC(c1ccc(OCc3ccccc3)cc1O)CC2. The van der Waals surface area contributed by atoms with Crippen molar-refractivity contribution >= 4 is 0 Å². The van der Waals surface area contributed by atoms with Gasteiger partial charge in [0.25, 0.3) is 0 Å². The van der Waals surface area contributed by atoms with Crippen LogP contribution in [0.3, 0.4) is 0 Å². The molecule has 0 aromatic heterocycles. The molecule has 3 aromatic carbocycles. The van der Waals surface area contributed by atoms with E-state index in [1.165, 1.54) is 0 Å². The van der Waals surface area contributed by atoms with Gasteiger partial charge in [-0.25, -0.2) is 0 Å². The molecule has 2 N–H and O–H groups in total. The Balaban J connectivity index is 1.48. The molecule has 3 aromatic rings. The Kier molecular flexibility index (Phi) is 4.40. The van der Waals surface area contributed by atoms with Gasteiger partial charge in [-0.2, -0.15) is 0 Å². The van der Waals surface area contributed by atoms with Crippen LogP contribution >= 0.6 is 0 Å². The summed E-state index contributed by atoms with van der Waals surface area (Å²) in [5.74, 6) is 1.62. The number of hydrogen-bond donors (Lipinski definition) is 2. The highest BCUT2D eigenvalue weighted by Gasteiger charge is 2.24. The van der Waals surface area contributed by atoms with E-state index in [2.05, 4.69) is 0 Å². The molecule has 4 heteroatoms. The van der Waals surface area contributed by atoms with Gasteiger partial charge in [0.15, 0.2) is 0 Å². The molecule has 0 radical (unpaired) electrons. The minimum atomic E-state index is -0.243. The number of hydrogen-bond acceptors (Lipinski definition) is 4. The number of fused-ring (bicyclic) bond motifs is 1. The number of aromatic hydroxyl groups is 2. The predicted molar refractivity (Wildman–Crippen MR) is 98.7 cm³/mol. The number of phenols is 2. The van der Waals surface area contributed by atoms with Crippen LogP contribution < -0.4 is 9.47 Å². The molecule has 0 spiro atoms. The molecule has 1 aliphatic heterocycles. The molecule has 1 heterocycles. The minimum absolute atomic E-state index is 0.157. The summed E-state index contributed by atoms with van der Waals surface area (Å²) in [6, 6.07) is 20.4. The molecular formula is C22H20O4. The lowest BCUT2D eigenvalue weighted by molar-refractivity contribution is 0.172. The Morgan fingerprint density at radius 1 is 0.962 bits per heavy atom. The molecule has 0 aliphatic carbocycles. The standard InChI is InChI=1S/C22H20O4/c23-17-8-6-16-7-11-21(26-22(16)12-17)19-10-9-18(13-20(19)24)25-14-15-4-2-1-3-5-15/h1-6,8-10,12-13,21,23-24H,7,11,14H2. The maximum absolute atomic E-state index is 10.4. The van der Waals surface area contributed by atoms with Gasteiger partial charge in [0.2, 0.25) is 0 Å². The molecule has 132 valence electrons. The Morgan fingerprint density at radius 3 is 2.62 bits per heavy atom. The molecule has 0 saturated heterocycles. The molecule has 1 unspecified atom stereocenters. The van der Waals surface area contributed by atoms with Gasteiger partial charge >= 0.3 is 0 Å². The van der Waals surface area contributed by atoms with Crippen molar-refractivity contribution in [3.8, 4) is 23.0 Å². The second kappa shape index (κ2) is 7.00. The fourth-order valence-electron chi connectivity index (χ4n) is 3.20. The number of rotatable bonds is 4. The third-order valence-corrected chi connectivity index (χ3v) is 4.59. The van der Waals surface area contributed by atoms with Gasteiger partial charge in [0.05, 0.1) is 0 Å². The first-order valence-electron chi connectivity index (χ1n) is 8.67. The predicted octanol–water partition coefficient (Wildman–Crippen LogP) is 4.74. The third-order valence-electron chi connectivity index (χ3n) is 4.59. The van der Waals surface area contributed by atoms with Gasteiger partial charge in [-0.15, -0.1) is 0 Å². The highest BCUT2D eigenvalue weighted by atomic mass is 16.5. The summed E-state index contributed by atoms with van der Waals surface area (Å²) in [4.78, 5) is 0. The second-order valence-electron chi connectivity index (χ2n) is 6.43. The Morgan fingerprint density at radius 2 is 1.81 bits per heavy atom. The zero-order chi connectivity index (χ0) is 17.9. The zero-order valence-electron chi connectivity index (χ0n) is 14.3. The fraction of sp³-hybridized carbons (Fsp3) is 0.182. The van der Waals surface area contributed by atoms with E-state index in [9.17, 15) is 10.2 Å². The van der Waals surface area contributed by atoms with Gasteiger partial charge in [0, 0.05) is 17.7 Å². The van der Waals surface area contributed by atoms with Crippen molar-refractivity contribution in [3.05, 3.63) is 83.4 Å². The first kappa shape index (κ1) is 16.3. The maximum Gasteiger partial charge on any atom is 0.128 e. The smallest absolute Gasteiger partial charge is 0.128 e. The van der Waals surface area contributed by atoms with Crippen LogP contribution in [0.15, 0.2) is 66.7 Å². The number of aryl methyl sites for hydroxylation is 1. The van der Waals surface area contributed by atoms with Crippen LogP contribution in [0.4, 0.5) is 0 Å². The first-order valence-corrected chi connectivity index (χ1v) is 8.67. The molecule has 4 nitrogen and oxygen atoms in total. The van der Waals surface area contributed by atoms with E-state index in [0.29, 0.717) is 18.1 Å². The average Bonchev–Trinajstić information content (AvgIpc) is 2.67. The van der Waals surface area contributed by atoms with Gasteiger partial charge in [-0.3, -0.25) is 0 Å². The number of phenolic OH excluding ortho intramolecular Hbond substituents is 2. The summed E-state index contributed by atoms with van der Waals surface area (Å²) >= 11 is 0. The van der Waals surface area contributed by atoms with Gasteiger partial charge in [-0.05, 0) is 42.2 Å². The third kappa shape index (κ3) is 3.45. The Bertz CT molecular complexity index is 905. The first-order chi connectivity index (χ1) is 12.7. The van der Waals surface area contributed by atoms with Crippen molar-refractivity contribution in [1.29, 1.82) is 0 Å². The topological polar surface area (TPSA) is 58.9 Å². The Labute approximate surface area is 152 Å². The summed E-state index contributed by atoms with van der Waals surface area (Å²) in [6.07, 6.45) is 1.37. The maximum atomic E-state index is 10.4. The van der Waals surface area contributed by atoms with Crippen molar-refractivity contribution in [2.75, 3.05) is 0 Å². The van der Waals surface area contributed by atoms with E-state index >= 15 is 0 Å². The van der Waals surface area contributed by atoms with E-state index in [1.807, 2.05) is 48.5 Å². The van der Waals surface area contributed by atoms with Crippen molar-refractivity contribution in [2.45, 2.75) is 25.6 Å². The summed E-state index contributed by atoms with van der Waals surface area (Å²) in [5.41, 5.74) is 2.87. The van der Waals surface area contributed by atoms with E-state index in [0.717, 1.165) is 29.5 Å². The van der Waals surface area contributed by atoms with Crippen LogP contribution in [0.1, 0.15) is 29.2 Å². The molecule has 1 aliphatic rings. The van der Waals surface area contributed by atoms with E-state index in [-0.39, 0.29) is 17.6 Å². The van der Waals surface area contributed by atoms with Crippen molar-refractivity contribution in [3.63, 3.8) is 0 Å². The molecular weight excluding hydrogens is 328 g/mol. The lowest BCUT2D eigenvalue weighted by Crippen LogP contribution is -2.15. The van der Waals surface area contributed by atoms with Crippen LogP contribution in [0, 0.1) is 0 Å². The molecule has 26 heavy (non-hydrogen) atoms. The molecule has 0 amide bonds. The Hall–Kier alpha value is -3.14. The lowest BCUT2D eigenvalue weighted by Gasteiger charge is -2.27. The molecule has 0 fully saturated rings. The fourth-order valence-corrected chi connectivity index (χ4v) is 3.20. The van der Waals surface area contributed by atoms with Gasteiger partial charge in [-0.1, -0.05) is 36.4 Å². The van der Waals surface area contributed by atoms with Crippen molar-refractivity contribution in [1.82, 2.24) is 0 Å². The summed E-state index contributed by atoms with van der Waals surface area (Å²) in [5, 5.41) is 20.1. The summed E-state index contributed by atoms with van der Waals surface area (Å²) in [6.45, 7) is 0.451. The molecule has 0 bridgehead atoms. The summed E-state index contributed by atoms with van der Waals surface area (Å²) < 4.78 is 11.7. The normalized spacial score (nSPS) is 15.8. The van der Waals surface area contributed by atoms with E-state index in [4.69, 9.17) is 9.47 Å².